The van der Waals surface area contributed by atoms with E-state index in [2.05, 4.69) is 20.6 Å². The van der Waals surface area contributed by atoms with E-state index in [9.17, 15) is 35.9 Å². The smallest absolute Gasteiger partial charge is 0.407 e. The number of nitrogens with two attached hydrogens (primary N) is 2. The third-order valence-electron chi connectivity index (χ3n) is 8.44. The van der Waals surface area contributed by atoms with Crippen LogP contribution in [0.15, 0.2) is 36.9 Å². The molecular weight excluding hydrogens is 670 g/mol. The molecule has 6 atom stereocenters. The maximum absolute atomic E-state index is 13.3. The van der Waals surface area contributed by atoms with Crippen LogP contribution in [-0.4, -0.2) is 57.8 Å². The van der Waals surface area contributed by atoms with Crippen LogP contribution in [0.3, 0.4) is 0 Å². The average Bonchev–Trinajstić information content (AvgIpc) is 2.94. The number of nitrogens with zero attached hydrogens (tertiary/aromatic N) is 2. The first-order valence-corrected chi connectivity index (χ1v) is 16.4. The molecule has 0 unspecified atom stereocenters. The number of carbonyl (C=O) groups excluding carboxylic acids is 2. The highest BCUT2D eigenvalue weighted by molar-refractivity contribution is 5.68. The molecule has 0 radical (unpaired) electrons. The van der Waals surface area contributed by atoms with E-state index in [1.807, 2.05) is 0 Å². The normalized spacial score (nSPS) is 24.6. The van der Waals surface area contributed by atoms with Gasteiger partial charge < -0.3 is 31.6 Å². The lowest BCUT2D eigenvalue weighted by atomic mass is 9.75. The molecule has 16 heteroatoms. The van der Waals surface area contributed by atoms with Crippen LogP contribution in [0, 0.1) is 11.8 Å². The van der Waals surface area contributed by atoms with Gasteiger partial charge in [0.1, 0.15) is 11.2 Å². The molecule has 10 nitrogen and oxygen atoms in total. The van der Waals surface area contributed by atoms with Crippen molar-refractivity contribution in [3.05, 3.63) is 48.0 Å². The second kappa shape index (κ2) is 15.9. The fraction of sp³-hybridized carbons (Fsp3) is 0.647. The van der Waals surface area contributed by atoms with Crippen LogP contribution in [0.2, 0.25) is 0 Å². The zero-order chi connectivity index (χ0) is 37.7. The van der Waals surface area contributed by atoms with Gasteiger partial charge in [-0.25, -0.2) is 9.59 Å². The fourth-order valence-corrected chi connectivity index (χ4v) is 6.44. The lowest BCUT2D eigenvalue weighted by Crippen LogP contribution is -2.45. The number of alkyl carbamates (subject to hydrolysis) is 2. The first kappa shape index (κ1) is 40.4. The van der Waals surface area contributed by atoms with E-state index in [4.69, 9.17) is 20.9 Å². The highest BCUT2D eigenvalue weighted by atomic mass is 19.4. The lowest BCUT2D eigenvalue weighted by Gasteiger charge is -2.37. The Morgan fingerprint density at radius 2 is 0.980 bits per heavy atom. The number of hydrogen-bond acceptors (Lipinski definition) is 8. The van der Waals surface area contributed by atoms with Crippen LogP contribution < -0.4 is 22.1 Å². The number of pyridine rings is 2. The van der Waals surface area contributed by atoms with Crippen LogP contribution in [-0.2, 0) is 9.47 Å². The Hall–Kier alpha value is -3.98. The van der Waals surface area contributed by atoms with Gasteiger partial charge in [-0.1, -0.05) is 0 Å². The summed E-state index contributed by atoms with van der Waals surface area (Å²) in [5.41, 5.74) is 12.3. The Morgan fingerprint density at radius 1 is 0.640 bits per heavy atom. The molecule has 2 heterocycles. The van der Waals surface area contributed by atoms with Gasteiger partial charge in [0.2, 0.25) is 0 Å². The fourth-order valence-electron chi connectivity index (χ4n) is 6.44. The summed E-state index contributed by atoms with van der Waals surface area (Å²) >= 11 is 0. The van der Waals surface area contributed by atoms with E-state index in [1.54, 1.807) is 53.7 Å². The second-order valence-corrected chi connectivity index (χ2v) is 15.0. The van der Waals surface area contributed by atoms with E-state index in [-0.39, 0.29) is 25.7 Å². The van der Waals surface area contributed by atoms with E-state index in [0.29, 0.717) is 35.3 Å². The average molecular weight is 719 g/mol. The summed E-state index contributed by atoms with van der Waals surface area (Å²) < 4.78 is 90.3. The number of nitrogen functional groups attached to an aromatic ring is 2. The van der Waals surface area contributed by atoms with Gasteiger partial charge in [0.05, 0.1) is 35.6 Å². The van der Waals surface area contributed by atoms with Crippen molar-refractivity contribution in [1.82, 2.24) is 20.6 Å². The molecule has 2 saturated carbocycles. The van der Waals surface area contributed by atoms with Crippen LogP contribution in [0.4, 0.5) is 47.3 Å². The Bertz CT molecular complexity index is 1340. The number of alkyl halides is 6. The van der Waals surface area contributed by atoms with Gasteiger partial charge in [0.25, 0.3) is 0 Å². The topological polar surface area (TPSA) is 154 Å². The van der Waals surface area contributed by atoms with Crippen molar-refractivity contribution in [2.24, 2.45) is 11.8 Å². The van der Waals surface area contributed by atoms with Gasteiger partial charge >= 0.3 is 24.5 Å². The Morgan fingerprint density at radius 3 is 1.26 bits per heavy atom. The largest absolute Gasteiger partial charge is 0.444 e. The molecule has 0 aromatic carbocycles. The third-order valence-corrected chi connectivity index (χ3v) is 8.44. The number of aromatic nitrogens is 2. The molecule has 6 N–H and O–H groups in total. The summed E-state index contributed by atoms with van der Waals surface area (Å²) in [6.45, 7) is 10.2. The Kier molecular flexibility index (Phi) is 12.9. The van der Waals surface area contributed by atoms with Crippen molar-refractivity contribution in [3.8, 4) is 0 Å². The zero-order valence-corrected chi connectivity index (χ0v) is 29.1. The van der Waals surface area contributed by atoms with Crippen molar-refractivity contribution >= 4 is 23.6 Å². The van der Waals surface area contributed by atoms with Gasteiger partial charge in [-0.2, -0.15) is 26.3 Å². The number of nitrogens with one attached hydrogen (secondary N) is 2. The van der Waals surface area contributed by atoms with Gasteiger partial charge in [-0.3, -0.25) is 9.97 Å². The summed E-state index contributed by atoms with van der Waals surface area (Å²) in [5.74, 6) is -3.80. The highest BCUT2D eigenvalue weighted by Crippen LogP contribution is 2.46. The minimum Gasteiger partial charge on any atom is -0.444 e. The molecule has 0 bridgehead atoms. The molecular formula is C34H48F6N6O4. The predicted molar refractivity (Wildman–Crippen MR) is 176 cm³/mol. The van der Waals surface area contributed by atoms with Crippen molar-refractivity contribution in [2.45, 2.75) is 128 Å². The highest BCUT2D eigenvalue weighted by Gasteiger charge is 2.47. The molecule has 2 aliphatic carbocycles. The molecule has 2 aromatic heterocycles. The van der Waals surface area contributed by atoms with Crippen molar-refractivity contribution in [1.29, 1.82) is 0 Å². The molecule has 0 spiro atoms. The van der Waals surface area contributed by atoms with Gasteiger partial charge in [0.15, 0.2) is 0 Å². The number of ether oxygens (including phenoxy) is 2. The molecule has 50 heavy (non-hydrogen) atoms. The summed E-state index contributed by atoms with van der Waals surface area (Å²) in [4.78, 5) is 31.6. The van der Waals surface area contributed by atoms with Crippen LogP contribution in [0.25, 0.3) is 0 Å². The van der Waals surface area contributed by atoms with E-state index in [0.717, 1.165) is 0 Å². The van der Waals surface area contributed by atoms with Gasteiger partial charge in [-0.15, -0.1) is 0 Å². The predicted octanol–water partition coefficient (Wildman–Crippen LogP) is 8.01. The Labute approximate surface area is 288 Å². The quantitative estimate of drug-likeness (QED) is 0.232. The van der Waals surface area contributed by atoms with E-state index in [1.165, 1.54) is 24.8 Å². The van der Waals surface area contributed by atoms with Crippen LogP contribution >= 0.6 is 0 Å². The third kappa shape index (κ3) is 12.7. The van der Waals surface area contributed by atoms with E-state index >= 15 is 0 Å². The maximum atomic E-state index is 13.3. The summed E-state index contributed by atoms with van der Waals surface area (Å²) in [6.07, 6.45) is -3.85. The molecule has 2 fully saturated rings. The SMILES string of the molecule is CC(C)(C)OC(=O)N[C@@H]1C[C@H](c2ccncc2N)C[C@H](C(F)(F)F)C1.CC(C)(C)OC(=O)N[C@H]1C[C@H](c2ccncc2N)C[C@@H](C(F)(F)F)C1. The number of rotatable bonds is 4. The monoisotopic (exact) mass is 718 g/mol. The van der Waals surface area contributed by atoms with Crippen LogP contribution in [0.1, 0.15) is 103 Å². The minimum absolute atomic E-state index is 0.0514. The molecule has 2 aromatic rings. The first-order chi connectivity index (χ1) is 22.9. The number of amides is 2. The standard InChI is InChI=1S/2C17H24F3N3O2/c2*1-16(2,3)25-15(24)23-12-7-10(6-11(8-12)17(18,19)20)13-4-5-22-9-14(13)21/h2*4-5,9-12H,6-8,21H2,1-3H3,(H,23,24)/t10-,11+,12-;10-,11-,12+/m11/s1. The van der Waals surface area contributed by atoms with Gasteiger partial charge in [0, 0.05) is 24.5 Å². The van der Waals surface area contributed by atoms with Crippen molar-refractivity contribution in [2.75, 3.05) is 11.5 Å². The summed E-state index contributed by atoms with van der Waals surface area (Å²) in [5, 5.41) is 5.16. The summed E-state index contributed by atoms with van der Waals surface area (Å²) in [7, 11) is 0. The molecule has 0 saturated heterocycles. The molecule has 2 amide bonds. The Balaban J connectivity index is 0.000000270. The molecule has 0 aliphatic heterocycles. The number of hydrogen-bond donors (Lipinski definition) is 4. The summed E-state index contributed by atoms with van der Waals surface area (Å²) in [6, 6.07) is 2.02. The molecule has 2 aliphatic rings. The van der Waals surface area contributed by atoms with Crippen LogP contribution in [0.5, 0.6) is 0 Å². The first-order valence-electron chi connectivity index (χ1n) is 16.4. The van der Waals surface area contributed by atoms with Gasteiger partial charge in [-0.05, 0) is 115 Å². The second-order valence-electron chi connectivity index (χ2n) is 15.0. The zero-order valence-electron chi connectivity index (χ0n) is 29.1. The van der Waals surface area contributed by atoms with Crippen molar-refractivity contribution in [3.63, 3.8) is 0 Å². The number of carbonyl (C=O) groups is 2. The molecule has 280 valence electrons. The number of anilines is 2. The maximum Gasteiger partial charge on any atom is 0.407 e. The van der Waals surface area contributed by atoms with Crippen molar-refractivity contribution < 1.29 is 45.4 Å². The van der Waals surface area contributed by atoms with E-state index < -0.39 is 71.5 Å². The lowest BCUT2D eigenvalue weighted by molar-refractivity contribution is -0.185. The minimum atomic E-state index is -4.33. The molecule has 4 rings (SSSR count). The number of halogens is 6.